The molecule has 0 atom stereocenters. The number of hydrogen-bond donors (Lipinski definition) is 1. The van der Waals surface area contributed by atoms with Gasteiger partial charge in [0.05, 0.1) is 11.1 Å². The number of amides is 1. The third kappa shape index (κ3) is 5.96. The molecule has 10 nitrogen and oxygen atoms in total. The van der Waals surface area contributed by atoms with Crippen molar-refractivity contribution in [2.24, 2.45) is 10.8 Å². The predicted octanol–water partition coefficient (Wildman–Crippen LogP) is 4.00. The Kier molecular flexibility index (Phi) is 7.48. The molecule has 0 unspecified atom stereocenters. The Bertz CT molecular complexity index is 1210. The Labute approximate surface area is 201 Å². The number of anilines is 1. The zero-order valence-corrected chi connectivity index (χ0v) is 19.5. The smallest absolute Gasteiger partial charge is 0.248 e. The summed E-state index contributed by atoms with van der Waals surface area (Å²) in [7, 11) is 2.10. The number of hydrogen-bond acceptors (Lipinski definition) is 8. The summed E-state index contributed by atoms with van der Waals surface area (Å²) in [6, 6.07) is 14.2. The molecule has 3 aromatic rings. The minimum atomic E-state index is -0.469. The molecule has 1 fully saturated rings. The van der Waals surface area contributed by atoms with Crippen molar-refractivity contribution in [3.05, 3.63) is 76.3 Å². The highest BCUT2D eigenvalue weighted by molar-refractivity contribution is 7.99. The highest BCUT2D eigenvalue weighted by Gasteiger charge is 2.19. The van der Waals surface area contributed by atoms with Gasteiger partial charge in [-0.2, -0.15) is 4.98 Å². The van der Waals surface area contributed by atoms with Crippen LogP contribution in [-0.2, 0) is 6.61 Å². The van der Waals surface area contributed by atoms with Gasteiger partial charge >= 0.3 is 0 Å². The average molecular weight is 477 g/mol. The van der Waals surface area contributed by atoms with E-state index in [2.05, 4.69) is 31.9 Å². The molecular weight excluding hydrogens is 452 g/mol. The minimum Gasteiger partial charge on any atom is -0.472 e. The molecule has 1 saturated heterocycles. The van der Waals surface area contributed by atoms with Gasteiger partial charge in [-0.05, 0) is 48.5 Å². The quantitative estimate of drug-likeness (QED) is 0.295. The van der Waals surface area contributed by atoms with Crippen molar-refractivity contribution in [2.75, 3.05) is 38.1 Å². The number of piperazine rings is 1. The zero-order chi connectivity index (χ0) is 23.9. The van der Waals surface area contributed by atoms with Gasteiger partial charge in [-0.3, -0.25) is 4.79 Å². The summed E-state index contributed by atoms with van der Waals surface area (Å²) in [6.45, 7) is 3.81. The number of benzene rings is 2. The lowest BCUT2D eigenvalue weighted by atomic mass is 10.2. The summed E-state index contributed by atoms with van der Waals surface area (Å²) in [5, 5.41) is 3.65. The van der Waals surface area contributed by atoms with Crippen molar-refractivity contribution in [1.82, 2.24) is 14.9 Å². The molecule has 1 aromatic heterocycles. The van der Waals surface area contributed by atoms with Crippen LogP contribution in [-0.4, -0.2) is 54.0 Å². The summed E-state index contributed by atoms with van der Waals surface area (Å²) < 4.78 is 6.13. The second-order valence-electron chi connectivity index (χ2n) is 7.77. The van der Waals surface area contributed by atoms with Crippen LogP contribution in [0.25, 0.3) is 10.4 Å². The summed E-state index contributed by atoms with van der Waals surface area (Å²) in [6.07, 6.45) is 1.76. The molecule has 2 heterocycles. The number of likely N-dealkylation sites (N-methyl/N-ethyl adjacent to an activating group) is 1. The Morgan fingerprint density at radius 3 is 2.68 bits per heavy atom. The Morgan fingerprint density at radius 2 is 1.97 bits per heavy atom. The van der Waals surface area contributed by atoms with Crippen LogP contribution in [0.4, 0.5) is 11.6 Å². The number of ether oxygens (including phenoxy) is 1. The van der Waals surface area contributed by atoms with Crippen LogP contribution in [0.15, 0.2) is 69.6 Å². The summed E-state index contributed by atoms with van der Waals surface area (Å²) >= 11 is 1.44. The normalized spacial score (nSPS) is 13.9. The van der Waals surface area contributed by atoms with Crippen LogP contribution in [0.5, 0.6) is 5.88 Å². The first kappa shape index (κ1) is 23.4. The van der Waals surface area contributed by atoms with E-state index in [1.807, 2.05) is 24.3 Å². The van der Waals surface area contributed by atoms with Crippen molar-refractivity contribution >= 4 is 29.3 Å². The molecule has 34 heavy (non-hydrogen) atoms. The van der Waals surface area contributed by atoms with Crippen molar-refractivity contribution in [3.8, 4) is 5.88 Å². The zero-order valence-electron chi connectivity index (χ0n) is 18.7. The van der Waals surface area contributed by atoms with E-state index in [-0.39, 0.29) is 6.61 Å². The fourth-order valence-electron chi connectivity index (χ4n) is 3.40. The first-order valence-electron chi connectivity index (χ1n) is 10.7. The van der Waals surface area contributed by atoms with Gasteiger partial charge in [-0.25, -0.2) is 4.98 Å². The Balaban J connectivity index is 1.58. The fourth-order valence-corrected chi connectivity index (χ4v) is 4.23. The van der Waals surface area contributed by atoms with Gasteiger partial charge in [-0.1, -0.05) is 35.1 Å². The van der Waals surface area contributed by atoms with Crippen LogP contribution < -0.4 is 15.4 Å². The molecule has 0 bridgehead atoms. The van der Waals surface area contributed by atoms with E-state index in [1.165, 1.54) is 11.8 Å². The van der Waals surface area contributed by atoms with Gasteiger partial charge in [0.15, 0.2) is 0 Å². The third-order valence-electron chi connectivity index (χ3n) is 5.31. The van der Waals surface area contributed by atoms with E-state index in [0.29, 0.717) is 23.1 Å². The van der Waals surface area contributed by atoms with E-state index in [1.54, 1.807) is 30.5 Å². The first-order chi connectivity index (χ1) is 16.5. The number of carbonyl (C=O) groups is 1. The Hall–Kier alpha value is -3.79. The van der Waals surface area contributed by atoms with Gasteiger partial charge in [0.1, 0.15) is 6.61 Å². The number of nitrogens with two attached hydrogens (primary N) is 1. The maximum absolute atomic E-state index is 11.4. The SMILES string of the molecule is CN1CCN(c2ncc(Sc3ccc(C(N)=O)cc3)c(OCc3cccc(N=[N+]=[N-])c3)n2)CC1. The number of aromatic nitrogens is 2. The number of nitrogens with zero attached hydrogens (tertiary/aromatic N) is 7. The van der Waals surface area contributed by atoms with Gasteiger partial charge < -0.3 is 20.3 Å². The lowest BCUT2D eigenvalue weighted by molar-refractivity contribution is 0.1000. The third-order valence-corrected chi connectivity index (χ3v) is 6.32. The van der Waals surface area contributed by atoms with Crippen LogP contribution >= 0.6 is 11.8 Å². The summed E-state index contributed by atoms with van der Waals surface area (Å²) in [5.41, 5.74) is 15.9. The molecule has 11 heteroatoms. The second-order valence-corrected chi connectivity index (χ2v) is 8.88. The highest BCUT2D eigenvalue weighted by Crippen LogP contribution is 2.35. The number of carbonyl (C=O) groups excluding carboxylic acids is 1. The molecule has 1 aliphatic rings. The van der Waals surface area contributed by atoms with Crippen molar-refractivity contribution < 1.29 is 9.53 Å². The maximum Gasteiger partial charge on any atom is 0.248 e. The van der Waals surface area contributed by atoms with E-state index < -0.39 is 5.91 Å². The van der Waals surface area contributed by atoms with Crippen molar-refractivity contribution in [3.63, 3.8) is 0 Å². The predicted molar refractivity (Wildman–Crippen MR) is 130 cm³/mol. The van der Waals surface area contributed by atoms with Crippen LogP contribution in [0.3, 0.4) is 0 Å². The first-order valence-corrected chi connectivity index (χ1v) is 11.5. The average Bonchev–Trinajstić information content (AvgIpc) is 2.85. The number of primary amides is 1. The minimum absolute atomic E-state index is 0.252. The molecule has 0 spiro atoms. The van der Waals surface area contributed by atoms with E-state index in [0.717, 1.165) is 41.5 Å². The molecule has 0 saturated carbocycles. The van der Waals surface area contributed by atoms with Crippen molar-refractivity contribution in [1.29, 1.82) is 0 Å². The molecular formula is C23H24N8O2S. The monoisotopic (exact) mass is 476 g/mol. The van der Waals surface area contributed by atoms with Gasteiger partial charge in [-0.15, -0.1) is 0 Å². The van der Waals surface area contributed by atoms with Gasteiger partial charge in [0.25, 0.3) is 0 Å². The Morgan fingerprint density at radius 1 is 1.21 bits per heavy atom. The number of azide groups is 1. The van der Waals surface area contributed by atoms with Crippen LogP contribution in [0, 0.1) is 0 Å². The fraction of sp³-hybridized carbons (Fsp3) is 0.261. The molecule has 1 amide bonds. The van der Waals surface area contributed by atoms with Crippen LogP contribution in [0.1, 0.15) is 15.9 Å². The number of rotatable bonds is 8. The van der Waals surface area contributed by atoms with Gasteiger partial charge in [0, 0.05) is 47.2 Å². The lowest BCUT2D eigenvalue weighted by Gasteiger charge is -2.32. The molecule has 0 aliphatic carbocycles. The molecule has 174 valence electrons. The second kappa shape index (κ2) is 10.9. The van der Waals surface area contributed by atoms with Crippen molar-refractivity contribution in [2.45, 2.75) is 16.4 Å². The van der Waals surface area contributed by atoms with E-state index in [9.17, 15) is 4.79 Å². The summed E-state index contributed by atoms with van der Waals surface area (Å²) in [4.78, 5) is 29.6. The van der Waals surface area contributed by atoms with E-state index in [4.69, 9.17) is 21.0 Å². The standard InChI is InChI=1S/C23H24N8O2S/c1-30-9-11-31(12-10-30)23-26-14-20(34-19-7-5-17(6-8-19)21(24)32)22(27-23)33-15-16-3-2-4-18(13-16)28-29-25/h2-8,13-14H,9-12,15H2,1H3,(H2,24,32). The largest absolute Gasteiger partial charge is 0.472 e. The molecule has 2 aromatic carbocycles. The lowest BCUT2D eigenvalue weighted by Crippen LogP contribution is -2.45. The highest BCUT2D eigenvalue weighted by atomic mass is 32.2. The van der Waals surface area contributed by atoms with E-state index >= 15 is 0 Å². The molecule has 0 radical (unpaired) electrons. The molecule has 1 aliphatic heterocycles. The topological polar surface area (TPSA) is 133 Å². The molecule has 4 rings (SSSR count). The van der Waals surface area contributed by atoms with Gasteiger partial charge in [0.2, 0.25) is 17.7 Å². The summed E-state index contributed by atoms with van der Waals surface area (Å²) in [5.74, 6) is 0.616. The molecule has 2 N–H and O–H groups in total. The maximum atomic E-state index is 11.4. The van der Waals surface area contributed by atoms with Crippen LogP contribution in [0.2, 0.25) is 0 Å².